The number of aliphatic hydroxyl groups is 1. The van der Waals surface area contributed by atoms with Gasteiger partial charge in [-0.25, -0.2) is 0 Å². The first-order valence-electron chi connectivity index (χ1n) is 7.89. The van der Waals surface area contributed by atoms with E-state index in [1.807, 2.05) is 35.2 Å². The Morgan fingerprint density at radius 3 is 2.52 bits per heavy atom. The molecule has 1 aromatic carbocycles. The first-order valence-corrected chi connectivity index (χ1v) is 7.89. The number of hydrogen-bond donors (Lipinski definition) is 1. The molecule has 0 heterocycles. The van der Waals surface area contributed by atoms with Gasteiger partial charge in [-0.15, -0.1) is 0 Å². The Bertz CT molecular complexity index is 458. The minimum atomic E-state index is -0.336. The predicted octanol–water partition coefficient (Wildman–Crippen LogP) is 3.22. The van der Waals surface area contributed by atoms with Crippen LogP contribution in [-0.4, -0.2) is 28.1 Å². The Morgan fingerprint density at radius 2 is 1.95 bits per heavy atom. The van der Waals surface area contributed by atoms with Crippen molar-refractivity contribution in [2.75, 3.05) is 0 Å². The summed E-state index contributed by atoms with van der Waals surface area (Å²) < 4.78 is 0. The van der Waals surface area contributed by atoms with Crippen molar-refractivity contribution >= 4 is 6.41 Å². The van der Waals surface area contributed by atoms with Crippen LogP contribution in [0, 0.1) is 11.8 Å². The van der Waals surface area contributed by atoms with Crippen LogP contribution >= 0.6 is 0 Å². The maximum Gasteiger partial charge on any atom is 0.210 e. The molecule has 3 nitrogen and oxygen atoms in total. The second kappa shape index (κ2) is 6.61. The average molecular weight is 289 g/mol. The molecular formula is C18H27NO2. The number of amides is 1. The lowest BCUT2D eigenvalue weighted by atomic mass is 9.71. The predicted molar refractivity (Wildman–Crippen MR) is 84.6 cm³/mol. The fourth-order valence-electron chi connectivity index (χ4n) is 3.54. The van der Waals surface area contributed by atoms with Crippen LogP contribution in [0.4, 0.5) is 0 Å². The van der Waals surface area contributed by atoms with E-state index in [1.54, 1.807) is 0 Å². The molecule has 3 heteroatoms. The van der Waals surface area contributed by atoms with Gasteiger partial charge in [-0.1, -0.05) is 43.7 Å². The van der Waals surface area contributed by atoms with E-state index in [0.717, 1.165) is 31.2 Å². The number of aliphatic hydroxyl groups excluding tert-OH is 1. The SMILES string of the molecule is C[C@@H]1CC[C@@H](C(C)(C)N(C=O)Cc2ccccc2)[C@H](O)C1. The summed E-state index contributed by atoms with van der Waals surface area (Å²) in [4.78, 5) is 13.5. The Kier molecular flexibility index (Phi) is 5.04. The zero-order chi connectivity index (χ0) is 15.5. The van der Waals surface area contributed by atoms with Gasteiger partial charge in [-0.3, -0.25) is 4.79 Å². The molecule has 1 aliphatic carbocycles. The van der Waals surface area contributed by atoms with Crippen LogP contribution in [-0.2, 0) is 11.3 Å². The van der Waals surface area contributed by atoms with E-state index in [0.29, 0.717) is 12.5 Å². The van der Waals surface area contributed by atoms with Gasteiger partial charge in [0.05, 0.1) is 6.10 Å². The Balaban J connectivity index is 2.13. The molecule has 0 aliphatic heterocycles. The molecule has 0 spiro atoms. The molecule has 1 aromatic rings. The minimum absolute atomic E-state index is 0.141. The van der Waals surface area contributed by atoms with Crippen molar-refractivity contribution in [2.45, 2.75) is 58.2 Å². The highest BCUT2D eigenvalue weighted by Gasteiger charge is 2.41. The van der Waals surface area contributed by atoms with E-state index in [-0.39, 0.29) is 17.6 Å². The number of rotatable bonds is 5. The molecule has 0 unspecified atom stereocenters. The van der Waals surface area contributed by atoms with Crippen molar-refractivity contribution in [3.63, 3.8) is 0 Å². The van der Waals surface area contributed by atoms with E-state index in [4.69, 9.17) is 0 Å². The van der Waals surface area contributed by atoms with Gasteiger partial charge in [-0.05, 0) is 38.2 Å². The lowest BCUT2D eigenvalue weighted by Gasteiger charge is -2.47. The van der Waals surface area contributed by atoms with Gasteiger partial charge in [0.2, 0.25) is 6.41 Å². The van der Waals surface area contributed by atoms with E-state index in [9.17, 15) is 9.90 Å². The van der Waals surface area contributed by atoms with Gasteiger partial charge in [-0.2, -0.15) is 0 Å². The van der Waals surface area contributed by atoms with Gasteiger partial charge in [0.1, 0.15) is 0 Å². The summed E-state index contributed by atoms with van der Waals surface area (Å²) in [5.74, 6) is 0.716. The molecule has 3 atom stereocenters. The average Bonchev–Trinajstić information content (AvgIpc) is 2.45. The molecule has 0 aromatic heterocycles. The quantitative estimate of drug-likeness (QED) is 0.846. The Morgan fingerprint density at radius 1 is 1.29 bits per heavy atom. The first kappa shape index (κ1) is 16.0. The molecule has 2 rings (SSSR count). The first-order chi connectivity index (χ1) is 9.95. The molecule has 1 N–H and O–H groups in total. The van der Waals surface area contributed by atoms with Gasteiger partial charge < -0.3 is 10.0 Å². The largest absolute Gasteiger partial charge is 0.393 e. The van der Waals surface area contributed by atoms with Gasteiger partial charge in [0.25, 0.3) is 0 Å². The fraction of sp³-hybridized carbons (Fsp3) is 0.611. The Labute approximate surface area is 128 Å². The van der Waals surface area contributed by atoms with Crippen LogP contribution in [0.1, 0.15) is 45.6 Å². The van der Waals surface area contributed by atoms with Crippen LogP contribution in [0.15, 0.2) is 30.3 Å². The van der Waals surface area contributed by atoms with Crippen LogP contribution in [0.2, 0.25) is 0 Å². The third kappa shape index (κ3) is 3.65. The van der Waals surface area contributed by atoms with Crippen LogP contribution in [0.25, 0.3) is 0 Å². The second-order valence-corrected chi connectivity index (χ2v) is 6.96. The van der Waals surface area contributed by atoms with Crippen LogP contribution in [0.3, 0.4) is 0 Å². The number of carbonyl (C=O) groups is 1. The third-order valence-electron chi connectivity index (χ3n) is 5.05. The summed E-state index contributed by atoms with van der Waals surface area (Å²) in [7, 11) is 0. The standard InChI is InChI=1S/C18H27NO2/c1-14-9-10-16(17(21)11-14)18(2,3)19(13-20)12-15-7-5-4-6-8-15/h4-8,13-14,16-17,21H,9-12H2,1-3H3/t14-,16-,17-/m1/s1. The van der Waals surface area contributed by atoms with E-state index in [1.165, 1.54) is 0 Å². The van der Waals surface area contributed by atoms with Crippen LogP contribution < -0.4 is 0 Å². The topological polar surface area (TPSA) is 40.5 Å². The van der Waals surface area contributed by atoms with Gasteiger partial charge in [0, 0.05) is 18.0 Å². The highest BCUT2D eigenvalue weighted by molar-refractivity contribution is 5.49. The van der Waals surface area contributed by atoms with Crippen molar-refractivity contribution in [1.82, 2.24) is 4.90 Å². The van der Waals surface area contributed by atoms with Gasteiger partial charge >= 0.3 is 0 Å². The molecule has 1 aliphatic rings. The molecule has 0 bridgehead atoms. The summed E-state index contributed by atoms with van der Waals surface area (Å²) in [6, 6.07) is 10.0. The van der Waals surface area contributed by atoms with Crippen molar-refractivity contribution in [2.24, 2.45) is 11.8 Å². The smallest absolute Gasteiger partial charge is 0.210 e. The van der Waals surface area contributed by atoms with Crippen molar-refractivity contribution in [3.05, 3.63) is 35.9 Å². The van der Waals surface area contributed by atoms with Crippen LogP contribution in [0.5, 0.6) is 0 Å². The lowest BCUT2D eigenvalue weighted by molar-refractivity contribution is -0.129. The van der Waals surface area contributed by atoms with Crippen molar-refractivity contribution in [3.8, 4) is 0 Å². The molecule has 116 valence electrons. The normalized spacial score (nSPS) is 26.4. The lowest BCUT2D eigenvalue weighted by Crippen LogP contribution is -2.53. The summed E-state index contributed by atoms with van der Waals surface area (Å²) in [6.07, 6.45) is 3.56. The maximum absolute atomic E-state index is 11.6. The summed E-state index contributed by atoms with van der Waals surface area (Å²) in [5.41, 5.74) is 0.785. The summed E-state index contributed by atoms with van der Waals surface area (Å²) in [5, 5.41) is 10.4. The van der Waals surface area contributed by atoms with Crippen molar-refractivity contribution in [1.29, 1.82) is 0 Å². The number of hydrogen-bond acceptors (Lipinski definition) is 2. The van der Waals surface area contributed by atoms with Gasteiger partial charge in [0.15, 0.2) is 0 Å². The molecule has 0 saturated heterocycles. The van der Waals surface area contributed by atoms with E-state index >= 15 is 0 Å². The zero-order valence-electron chi connectivity index (χ0n) is 13.3. The summed E-state index contributed by atoms with van der Waals surface area (Å²) >= 11 is 0. The van der Waals surface area contributed by atoms with E-state index < -0.39 is 0 Å². The Hall–Kier alpha value is -1.35. The number of benzene rings is 1. The highest BCUT2D eigenvalue weighted by atomic mass is 16.3. The fourth-order valence-corrected chi connectivity index (χ4v) is 3.54. The molecule has 1 fully saturated rings. The monoisotopic (exact) mass is 289 g/mol. The molecule has 0 radical (unpaired) electrons. The molecule has 1 saturated carbocycles. The maximum atomic E-state index is 11.6. The third-order valence-corrected chi connectivity index (χ3v) is 5.05. The number of nitrogens with zero attached hydrogens (tertiary/aromatic N) is 1. The molecular weight excluding hydrogens is 262 g/mol. The summed E-state index contributed by atoms with van der Waals surface area (Å²) in [6.45, 7) is 6.94. The number of carbonyl (C=O) groups excluding carboxylic acids is 1. The molecule has 1 amide bonds. The second-order valence-electron chi connectivity index (χ2n) is 6.96. The minimum Gasteiger partial charge on any atom is -0.393 e. The van der Waals surface area contributed by atoms with Crippen molar-refractivity contribution < 1.29 is 9.90 Å². The van der Waals surface area contributed by atoms with E-state index in [2.05, 4.69) is 20.8 Å². The molecule has 21 heavy (non-hydrogen) atoms. The zero-order valence-corrected chi connectivity index (χ0v) is 13.3. The highest BCUT2D eigenvalue weighted by Crippen LogP contribution is 2.38.